The fourth-order valence-corrected chi connectivity index (χ4v) is 2.16. The van der Waals surface area contributed by atoms with Gasteiger partial charge in [-0.2, -0.15) is 0 Å². The van der Waals surface area contributed by atoms with Crippen LogP contribution in [0.15, 0.2) is 54.6 Å². The maximum Gasteiger partial charge on any atom is 0.119 e. The highest BCUT2D eigenvalue weighted by Gasteiger charge is 1.98. The number of rotatable bonds is 8. The normalized spacial score (nSPS) is 9.95. The molecule has 0 aliphatic carbocycles. The SMILES string of the molecule is Cl.NCCCCCCOc1ccc(-c2ccccc2)cc1. The lowest BCUT2D eigenvalue weighted by Gasteiger charge is -2.07. The Morgan fingerprint density at radius 3 is 2.00 bits per heavy atom. The number of halogens is 1. The lowest BCUT2D eigenvalue weighted by atomic mass is 10.1. The Morgan fingerprint density at radius 1 is 0.714 bits per heavy atom. The van der Waals surface area contributed by atoms with E-state index in [9.17, 15) is 0 Å². The summed E-state index contributed by atoms with van der Waals surface area (Å²) in [5.41, 5.74) is 7.93. The maximum absolute atomic E-state index is 5.75. The van der Waals surface area contributed by atoms with Gasteiger partial charge in [0.2, 0.25) is 0 Å². The van der Waals surface area contributed by atoms with Gasteiger partial charge in [0.25, 0.3) is 0 Å². The van der Waals surface area contributed by atoms with Crippen molar-refractivity contribution in [2.45, 2.75) is 25.7 Å². The molecule has 0 radical (unpaired) electrons. The van der Waals surface area contributed by atoms with Gasteiger partial charge in [0.05, 0.1) is 6.61 Å². The predicted molar refractivity (Wildman–Crippen MR) is 92.1 cm³/mol. The van der Waals surface area contributed by atoms with E-state index in [-0.39, 0.29) is 12.4 Å². The molecular formula is C18H24ClNO. The van der Waals surface area contributed by atoms with Crippen LogP contribution in [0.4, 0.5) is 0 Å². The van der Waals surface area contributed by atoms with Crippen LogP contribution in [0.2, 0.25) is 0 Å². The minimum absolute atomic E-state index is 0. The zero-order valence-electron chi connectivity index (χ0n) is 12.3. The summed E-state index contributed by atoms with van der Waals surface area (Å²) in [5.74, 6) is 0.948. The van der Waals surface area contributed by atoms with Crippen LogP contribution in [0.3, 0.4) is 0 Å². The van der Waals surface area contributed by atoms with E-state index in [1.165, 1.54) is 24.0 Å². The molecule has 0 fully saturated rings. The van der Waals surface area contributed by atoms with E-state index in [1.54, 1.807) is 0 Å². The summed E-state index contributed by atoms with van der Waals surface area (Å²) < 4.78 is 5.75. The van der Waals surface area contributed by atoms with Gasteiger partial charge in [0.1, 0.15) is 5.75 Å². The second kappa shape index (κ2) is 10.3. The highest BCUT2D eigenvalue weighted by Crippen LogP contribution is 2.22. The lowest BCUT2D eigenvalue weighted by Crippen LogP contribution is -2.00. The van der Waals surface area contributed by atoms with Gasteiger partial charge in [-0.05, 0) is 42.6 Å². The number of benzene rings is 2. The van der Waals surface area contributed by atoms with Crippen LogP contribution in [0, 0.1) is 0 Å². The fourth-order valence-electron chi connectivity index (χ4n) is 2.16. The first-order valence-electron chi connectivity index (χ1n) is 7.38. The van der Waals surface area contributed by atoms with Crippen molar-refractivity contribution in [1.29, 1.82) is 0 Å². The molecule has 0 amide bonds. The summed E-state index contributed by atoms with van der Waals surface area (Å²) in [5, 5.41) is 0. The van der Waals surface area contributed by atoms with Crippen molar-refractivity contribution in [1.82, 2.24) is 0 Å². The van der Waals surface area contributed by atoms with E-state index >= 15 is 0 Å². The highest BCUT2D eigenvalue weighted by molar-refractivity contribution is 5.85. The van der Waals surface area contributed by atoms with E-state index in [2.05, 4.69) is 36.4 Å². The van der Waals surface area contributed by atoms with Gasteiger partial charge < -0.3 is 10.5 Å². The summed E-state index contributed by atoms with van der Waals surface area (Å²) in [7, 11) is 0. The third kappa shape index (κ3) is 6.19. The smallest absolute Gasteiger partial charge is 0.119 e. The zero-order chi connectivity index (χ0) is 14.0. The Morgan fingerprint density at radius 2 is 1.33 bits per heavy atom. The molecule has 0 unspecified atom stereocenters. The first-order valence-corrected chi connectivity index (χ1v) is 7.38. The third-order valence-electron chi connectivity index (χ3n) is 3.33. The molecule has 0 saturated carbocycles. The Hall–Kier alpha value is -1.51. The predicted octanol–water partition coefficient (Wildman–Crippen LogP) is 4.67. The van der Waals surface area contributed by atoms with Crippen LogP contribution in [0.25, 0.3) is 11.1 Å². The van der Waals surface area contributed by atoms with Crippen molar-refractivity contribution in [2.24, 2.45) is 5.73 Å². The molecule has 21 heavy (non-hydrogen) atoms. The van der Waals surface area contributed by atoms with E-state index in [4.69, 9.17) is 10.5 Å². The standard InChI is InChI=1S/C18H23NO.ClH/c19-14-6-1-2-7-15-20-18-12-10-17(11-13-18)16-8-4-3-5-9-16;/h3-5,8-13H,1-2,6-7,14-15,19H2;1H. The lowest BCUT2D eigenvalue weighted by molar-refractivity contribution is 0.305. The van der Waals surface area contributed by atoms with Gasteiger partial charge in [-0.1, -0.05) is 55.3 Å². The fraction of sp³-hybridized carbons (Fsp3) is 0.333. The van der Waals surface area contributed by atoms with Crippen LogP contribution in [-0.4, -0.2) is 13.2 Å². The molecule has 0 heterocycles. The quantitative estimate of drug-likeness (QED) is 0.719. The summed E-state index contributed by atoms with van der Waals surface area (Å²) in [4.78, 5) is 0. The Balaban J connectivity index is 0.00000220. The van der Waals surface area contributed by atoms with Gasteiger partial charge in [0, 0.05) is 0 Å². The number of nitrogens with two attached hydrogens (primary N) is 1. The van der Waals surface area contributed by atoms with Crippen LogP contribution in [-0.2, 0) is 0 Å². The summed E-state index contributed by atoms with van der Waals surface area (Å²) in [6.07, 6.45) is 4.61. The van der Waals surface area contributed by atoms with E-state index < -0.39 is 0 Å². The van der Waals surface area contributed by atoms with Crippen molar-refractivity contribution in [3.05, 3.63) is 54.6 Å². The summed E-state index contributed by atoms with van der Waals surface area (Å²) >= 11 is 0. The topological polar surface area (TPSA) is 35.2 Å². The molecule has 0 saturated heterocycles. The number of hydrogen-bond donors (Lipinski definition) is 1. The molecule has 0 aliphatic rings. The minimum Gasteiger partial charge on any atom is -0.494 e. The van der Waals surface area contributed by atoms with Crippen molar-refractivity contribution < 1.29 is 4.74 Å². The molecule has 2 aromatic rings. The molecule has 0 atom stereocenters. The van der Waals surface area contributed by atoms with Gasteiger partial charge in [0.15, 0.2) is 0 Å². The average molecular weight is 306 g/mol. The van der Waals surface area contributed by atoms with Gasteiger partial charge in [-0.25, -0.2) is 0 Å². The molecule has 2 aromatic carbocycles. The number of ether oxygens (including phenoxy) is 1. The summed E-state index contributed by atoms with van der Waals surface area (Å²) in [6.45, 7) is 1.58. The second-order valence-electron chi connectivity index (χ2n) is 4.94. The molecule has 114 valence electrons. The molecule has 3 heteroatoms. The van der Waals surface area contributed by atoms with Gasteiger partial charge in [-0.3, -0.25) is 0 Å². The molecular weight excluding hydrogens is 282 g/mol. The molecule has 0 aliphatic heterocycles. The number of unbranched alkanes of at least 4 members (excludes halogenated alkanes) is 3. The first-order chi connectivity index (χ1) is 9.90. The Bertz CT molecular complexity index is 484. The highest BCUT2D eigenvalue weighted by atomic mass is 35.5. The third-order valence-corrected chi connectivity index (χ3v) is 3.33. The molecule has 0 aromatic heterocycles. The molecule has 2 rings (SSSR count). The Kier molecular flexibility index (Phi) is 8.56. The number of hydrogen-bond acceptors (Lipinski definition) is 2. The van der Waals surface area contributed by atoms with Crippen molar-refractivity contribution in [2.75, 3.05) is 13.2 Å². The minimum atomic E-state index is 0. The monoisotopic (exact) mass is 305 g/mol. The largest absolute Gasteiger partial charge is 0.494 e. The van der Waals surface area contributed by atoms with Crippen LogP contribution in [0.5, 0.6) is 5.75 Å². The molecule has 0 bridgehead atoms. The maximum atomic E-state index is 5.75. The zero-order valence-corrected chi connectivity index (χ0v) is 13.1. The summed E-state index contributed by atoms with van der Waals surface area (Å²) in [6, 6.07) is 18.7. The van der Waals surface area contributed by atoms with E-state index in [0.29, 0.717) is 0 Å². The average Bonchev–Trinajstić information content (AvgIpc) is 2.52. The first kappa shape index (κ1) is 17.5. The van der Waals surface area contributed by atoms with Gasteiger partial charge in [-0.15, -0.1) is 12.4 Å². The van der Waals surface area contributed by atoms with Crippen molar-refractivity contribution in [3.8, 4) is 16.9 Å². The van der Waals surface area contributed by atoms with Gasteiger partial charge >= 0.3 is 0 Å². The van der Waals surface area contributed by atoms with Crippen LogP contribution >= 0.6 is 12.4 Å². The molecule has 2 nitrogen and oxygen atoms in total. The molecule has 2 N–H and O–H groups in total. The van der Waals surface area contributed by atoms with Crippen molar-refractivity contribution in [3.63, 3.8) is 0 Å². The Labute approximate surface area is 133 Å². The van der Waals surface area contributed by atoms with Crippen LogP contribution < -0.4 is 10.5 Å². The van der Waals surface area contributed by atoms with Crippen molar-refractivity contribution >= 4 is 12.4 Å². The second-order valence-corrected chi connectivity index (χ2v) is 4.94. The van der Waals surface area contributed by atoms with E-state index in [0.717, 1.165) is 31.7 Å². The van der Waals surface area contributed by atoms with E-state index in [1.807, 2.05) is 18.2 Å². The van der Waals surface area contributed by atoms with Crippen LogP contribution in [0.1, 0.15) is 25.7 Å². The molecule has 0 spiro atoms.